The van der Waals surface area contributed by atoms with Crippen LogP contribution in [-0.4, -0.2) is 38.7 Å². The Labute approximate surface area is 112 Å². The molecular formula is C12H20N4O3. The molecule has 19 heavy (non-hydrogen) atoms. The van der Waals surface area contributed by atoms with Gasteiger partial charge in [0.1, 0.15) is 5.54 Å². The van der Waals surface area contributed by atoms with E-state index in [-0.39, 0.29) is 0 Å². The van der Waals surface area contributed by atoms with Crippen molar-refractivity contribution in [2.24, 2.45) is 0 Å². The number of hydrogen-bond donors (Lipinski definition) is 3. The van der Waals surface area contributed by atoms with Crippen LogP contribution in [0.5, 0.6) is 0 Å². The van der Waals surface area contributed by atoms with Crippen LogP contribution in [0.25, 0.3) is 0 Å². The molecule has 0 spiro atoms. The maximum atomic E-state index is 11.6. The molecule has 2 amide bonds. The lowest BCUT2D eigenvalue weighted by Gasteiger charge is -2.24. The molecular weight excluding hydrogens is 248 g/mol. The average Bonchev–Trinajstić information content (AvgIpc) is 2.87. The first-order valence-corrected chi connectivity index (χ1v) is 6.23. The van der Waals surface area contributed by atoms with E-state index >= 15 is 0 Å². The Morgan fingerprint density at radius 2 is 2.21 bits per heavy atom. The zero-order valence-electron chi connectivity index (χ0n) is 11.2. The number of aliphatic carboxylic acids is 1. The van der Waals surface area contributed by atoms with Crippen LogP contribution in [0.15, 0.2) is 18.7 Å². The van der Waals surface area contributed by atoms with E-state index in [0.29, 0.717) is 13.0 Å². The molecule has 0 fully saturated rings. The Hall–Kier alpha value is -2.05. The number of urea groups is 1. The number of amides is 2. The molecule has 0 aliphatic rings. The van der Waals surface area contributed by atoms with Crippen molar-refractivity contribution in [1.82, 2.24) is 20.2 Å². The highest BCUT2D eigenvalue weighted by Crippen LogP contribution is 2.08. The average molecular weight is 268 g/mol. The van der Waals surface area contributed by atoms with Crippen LogP contribution in [0, 0.1) is 0 Å². The van der Waals surface area contributed by atoms with Crippen LogP contribution in [0.1, 0.15) is 26.7 Å². The van der Waals surface area contributed by atoms with E-state index in [1.54, 1.807) is 19.4 Å². The fourth-order valence-electron chi connectivity index (χ4n) is 1.47. The second kappa shape index (κ2) is 6.77. The number of hydrogen-bond acceptors (Lipinski definition) is 3. The number of carbonyl (C=O) groups is 2. The summed E-state index contributed by atoms with van der Waals surface area (Å²) < 4.78 is 1.91. The molecule has 1 heterocycles. The van der Waals surface area contributed by atoms with Gasteiger partial charge in [-0.15, -0.1) is 0 Å². The van der Waals surface area contributed by atoms with Gasteiger partial charge in [-0.25, -0.2) is 14.6 Å². The van der Waals surface area contributed by atoms with Crippen LogP contribution in [0.3, 0.4) is 0 Å². The summed E-state index contributed by atoms with van der Waals surface area (Å²) in [4.78, 5) is 26.5. The predicted molar refractivity (Wildman–Crippen MR) is 69.7 cm³/mol. The molecule has 1 rings (SSSR count). The predicted octanol–water partition coefficient (Wildman–Crippen LogP) is 0.826. The maximum absolute atomic E-state index is 11.6. The summed E-state index contributed by atoms with van der Waals surface area (Å²) in [5.74, 6) is -1.04. The Kier molecular flexibility index (Phi) is 5.35. The molecule has 1 aromatic heterocycles. The highest BCUT2D eigenvalue weighted by atomic mass is 16.4. The Balaban J connectivity index is 2.26. The van der Waals surface area contributed by atoms with Crippen LogP contribution >= 0.6 is 0 Å². The van der Waals surface area contributed by atoms with Crippen molar-refractivity contribution in [3.8, 4) is 0 Å². The number of nitrogens with one attached hydrogen (secondary N) is 2. The quantitative estimate of drug-likeness (QED) is 0.638. The highest BCUT2D eigenvalue weighted by molar-refractivity contribution is 5.85. The van der Waals surface area contributed by atoms with Gasteiger partial charge in [0.25, 0.3) is 0 Å². The summed E-state index contributed by atoms with van der Waals surface area (Å²) in [6, 6.07) is -0.461. The smallest absolute Gasteiger partial charge is 0.329 e. The van der Waals surface area contributed by atoms with E-state index in [1.807, 2.05) is 10.8 Å². The van der Waals surface area contributed by atoms with Gasteiger partial charge in [-0.1, -0.05) is 6.92 Å². The maximum Gasteiger partial charge on any atom is 0.329 e. The first-order valence-electron chi connectivity index (χ1n) is 6.23. The van der Waals surface area contributed by atoms with E-state index in [1.165, 1.54) is 6.92 Å². The SMILES string of the molecule is CCC(C)(NC(=O)NCCCn1ccnc1)C(=O)O. The Morgan fingerprint density at radius 1 is 1.47 bits per heavy atom. The van der Waals surface area contributed by atoms with Crippen LogP contribution in [0.4, 0.5) is 4.79 Å². The molecule has 1 unspecified atom stereocenters. The first-order chi connectivity index (χ1) is 8.98. The number of imidazole rings is 1. The number of aromatic nitrogens is 2. The molecule has 0 saturated heterocycles. The van der Waals surface area contributed by atoms with Crippen molar-refractivity contribution in [3.05, 3.63) is 18.7 Å². The van der Waals surface area contributed by atoms with Crippen molar-refractivity contribution in [2.45, 2.75) is 38.8 Å². The Morgan fingerprint density at radius 3 is 2.74 bits per heavy atom. The van der Waals surface area contributed by atoms with Gasteiger partial charge in [0.05, 0.1) is 6.33 Å². The van der Waals surface area contributed by atoms with Crippen molar-refractivity contribution >= 4 is 12.0 Å². The molecule has 7 heteroatoms. The molecule has 0 aliphatic carbocycles. The monoisotopic (exact) mass is 268 g/mol. The fraction of sp³-hybridized carbons (Fsp3) is 0.583. The van der Waals surface area contributed by atoms with Crippen LogP contribution in [-0.2, 0) is 11.3 Å². The molecule has 0 aromatic carbocycles. The first kappa shape index (κ1) is 15.0. The number of carboxylic acid groups (broad SMARTS) is 1. The molecule has 1 aromatic rings. The number of nitrogens with zero attached hydrogens (tertiary/aromatic N) is 2. The molecule has 3 N–H and O–H groups in total. The summed E-state index contributed by atoms with van der Waals surface area (Å²) in [6.07, 6.45) is 6.32. The second-order valence-corrected chi connectivity index (χ2v) is 4.53. The zero-order valence-corrected chi connectivity index (χ0v) is 11.2. The summed E-state index contributed by atoms with van der Waals surface area (Å²) >= 11 is 0. The lowest BCUT2D eigenvalue weighted by molar-refractivity contribution is -0.143. The minimum Gasteiger partial charge on any atom is -0.480 e. The largest absolute Gasteiger partial charge is 0.480 e. The molecule has 0 bridgehead atoms. The lowest BCUT2D eigenvalue weighted by atomic mass is 10.00. The van der Waals surface area contributed by atoms with Gasteiger partial charge in [0, 0.05) is 25.5 Å². The lowest BCUT2D eigenvalue weighted by Crippen LogP contribution is -2.54. The fourth-order valence-corrected chi connectivity index (χ4v) is 1.47. The number of rotatable bonds is 7. The summed E-state index contributed by atoms with van der Waals surface area (Å²) in [7, 11) is 0. The highest BCUT2D eigenvalue weighted by Gasteiger charge is 2.32. The topological polar surface area (TPSA) is 96.3 Å². The van der Waals surface area contributed by atoms with Gasteiger partial charge in [-0.3, -0.25) is 0 Å². The van der Waals surface area contributed by atoms with Gasteiger partial charge in [0.15, 0.2) is 0 Å². The van der Waals surface area contributed by atoms with E-state index < -0.39 is 17.5 Å². The third kappa shape index (κ3) is 4.61. The van der Waals surface area contributed by atoms with E-state index in [4.69, 9.17) is 5.11 Å². The van der Waals surface area contributed by atoms with Crippen LogP contribution < -0.4 is 10.6 Å². The molecule has 0 radical (unpaired) electrons. The van der Waals surface area contributed by atoms with Gasteiger partial charge < -0.3 is 20.3 Å². The normalized spacial score (nSPS) is 13.6. The molecule has 0 aliphatic heterocycles. The number of carboxylic acids is 1. The third-order valence-electron chi connectivity index (χ3n) is 3.01. The van der Waals surface area contributed by atoms with Gasteiger partial charge in [-0.05, 0) is 19.8 Å². The molecule has 7 nitrogen and oxygen atoms in total. The molecule has 1 atom stereocenters. The third-order valence-corrected chi connectivity index (χ3v) is 3.01. The van der Waals surface area contributed by atoms with Crippen LogP contribution in [0.2, 0.25) is 0 Å². The minimum atomic E-state index is -1.23. The zero-order chi connectivity index (χ0) is 14.3. The van der Waals surface area contributed by atoms with E-state index in [9.17, 15) is 9.59 Å². The Bertz CT molecular complexity index is 419. The van der Waals surface area contributed by atoms with Gasteiger partial charge >= 0.3 is 12.0 Å². The van der Waals surface area contributed by atoms with Crippen molar-refractivity contribution in [1.29, 1.82) is 0 Å². The second-order valence-electron chi connectivity index (χ2n) is 4.53. The number of carbonyl (C=O) groups excluding carboxylic acids is 1. The summed E-state index contributed by atoms with van der Waals surface area (Å²) in [5.41, 5.74) is -1.23. The van der Waals surface area contributed by atoms with Crippen molar-refractivity contribution in [3.63, 3.8) is 0 Å². The van der Waals surface area contributed by atoms with E-state index in [0.717, 1.165) is 13.0 Å². The standard InChI is InChI=1S/C12H20N4O3/c1-3-12(2,10(17)18)15-11(19)14-5-4-7-16-8-6-13-9-16/h6,8-9H,3-5,7H2,1-2H3,(H,17,18)(H2,14,15,19). The van der Waals surface area contributed by atoms with E-state index in [2.05, 4.69) is 15.6 Å². The van der Waals surface area contributed by atoms with Crippen molar-refractivity contribution < 1.29 is 14.7 Å². The minimum absolute atomic E-state index is 0.324. The van der Waals surface area contributed by atoms with Gasteiger partial charge in [0.2, 0.25) is 0 Å². The van der Waals surface area contributed by atoms with Crippen molar-refractivity contribution in [2.75, 3.05) is 6.54 Å². The number of aryl methyl sites for hydroxylation is 1. The molecule has 0 saturated carbocycles. The van der Waals surface area contributed by atoms with Gasteiger partial charge in [-0.2, -0.15) is 0 Å². The summed E-state index contributed by atoms with van der Waals surface area (Å²) in [5, 5.41) is 14.1. The summed E-state index contributed by atoms with van der Waals surface area (Å²) in [6.45, 7) is 4.43. The molecule has 106 valence electrons.